The van der Waals surface area contributed by atoms with Gasteiger partial charge in [-0.15, -0.1) is 11.3 Å². The number of nitrogens with zero attached hydrogens (tertiary/aromatic N) is 1. The number of hydrogen-bond acceptors (Lipinski definition) is 5. The number of aromatic nitrogens is 1. The molecular formula is C14H13NO3S2. The molecule has 0 amide bonds. The fourth-order valence-corrected chi connectivity index (χ4v) is 4.78. The predicted octanol–water partition coefficient (Wildman–Crippen LogP) is 3.77. The lowest BCUT2D eigenvalue weighted by molar-refractivity contribution is 0.0661. The van der Waals surface area contributed by atoms with Crippen LogP contribution in [0.1, 0.15) is 45.4 Å². The summed E-state index contributed by atoms with van der Waals surface area (Å²) in [5.74, 6) is 1.98. The number of fused-ring (bicyclic) bond motifs is 1. The van der Waals surface area contributed by atoms with Gasteiger partial charge >= 0.3 is 5.97 Å². The molecule has 1 aliphatic carbocycles. The van der Waals surface area contributed by atoms with Crippen molar-refractivity contribution in [3.8, 4) is 10.8 Å². The summed E-state index contributed by atoms with van der Waals surface area (Å²) in [6.45, 7) is 0. The molecule has 3 heterocycles. The van der Waals surface area contributed by atoms with E-state index in [1.807, 2.05) is 11.8 Å². The highest BCUT2D eigenvalue weighted by atomic mass is 32.2. The lowest BCUT2D eigenvalue weighted by atomic mass is 10.2. The fourth-order valence-electron chi connectivity index (χ4n) is 2.48. The zero-order valence-corrected chi connectivity index (χ0v) is 12.4. The van der Waals surface area contributed by atoms with Gasteiger partial charge in [0.2, 0.25) is 11.7 Å². The summed E-state index contributed by atoms with van der Waals surface area (Å²) < 4.78 is 5.53. The van der Waals surface area contributed by atoms with Crippen molar-refractivity contribution in [3.05, 3.63) is 28.0 Å². The van der Waals surface area contributed by atoms with E-state index in [1.54, 1.807) is 11.3 Å². The molecule has 1 aliphatic heterocycles. The van der Waals surface area contributed by atoms with Gasteiger partial charge in [0.05, 0.1) is 10.6 Å². The molecule has 0 spiro atoms. The van der Waals surface area contributed by atoms with E-state index < -0.39 is 5.97 Å². The molecule has 1 fully saturated rings. The number of rotatable bonds is 3. The average Bonchev–Trinajstić information content (AvgIpc) is 3.04. The lowest BCUT2D eigenvalue weighted by Gasteiger charge is -2.08. The summed E-state index contributed by atoms with van der Waals surface area (Å²) in [7, 11) is 0. The van der Waals surface area contributed by atoms with Crippen molar-refractivity contribution in [1.29, 1.82) is 0 Å². The number of oxazole rings is 1. The van der Waals surface area contributed by atoms with Crippen LogP contribution in [0, 0.1) is 0 Å². The van der Waals surface area contributed by atoms with E-state index in [1.165, 1.54) is 10.4 Å². The first-order valence-electron chi connectivity index (χ1n) is 6.66. The second-order valence-corrected chi connectivity index (χ2v) is 7.42. The van der Waals surface area contributed by atoms with Gasteiger partial charge in [0, 0.05) is 16.5 Å². The number of aryl methyl sites for hydroxylation is 1. The number of aromatic carboxylic acids is 1. The maximum atomic E-state index is 11.3. The Hall–Kier alpha value is -1.27. The Morgan fingerprint density at radius 3 is 3.00 bits per heavy atom. The van der Waals surface area contributed by atoms with Gasteiger partial charge in [-0.2, -0.15) is 11.8 Å². The molecule has 1 saturated carbocycles. The van der Waals surface area contributed by atoms with Gasteiger partial charge in [-0.1, -0.05) is 0 Å². The Morgan fingerprint density at radius 1 is 1.45 bits per heavy atom. The minimum Gasteiger partial charge on any atom is -0.475 e. The number of carbonyl (C=O) groups is 1. The van der Waals surface area contributed by atoms with Crippen LogP contribution in [0.4, 0.5) is 0 Å². The number of carboxylic acid groups (broad SMARTS) is 1. The topological polar surface area (TPSA) is 63.3 Å². The quantitative estimate of drug-likeness (QED) is 0.935. The van der Waals surface area contributed by atoms with Crippen LogP contribution < -0.4 is 0 Å². The van der Waals surface area contributed by atoms with Crippen LogP contribution in [0.5, 0.6) is 0 Å². The van der Waals surface area contributed by atoms with E-state index in [-0.39, 0.29) is 11.7 Å². The molecule has 6 heteroatoms. The maximum Gasteiger partial charge on any atom is 0.373 e. The van der Waals surface area contributed by atoms with Crippen LogP contribution >= 0.6 is 23.1 Å². The third kappa shape index (κ3) is 2.07. The second kappa shape index (κ2) is 4.63. The Kier molecular flexibility index (Phi) is 2.89. The molecule has 1 N–H and O–H groups in total. The van der Waals surface area contributed by atoms with Gasteiger partial charge in [0.25, 0.3) is 0 Å². The minimum absolute atomic E-state index is 0.0308. The Labute approximate surface area is 124 Å². The minimum atomic E-state index is -1.01. The van der Waals surface area contributed by atoms with Crippen molar-refractivity contribution in [1.82, 2.24) is 4.98 Å². The van der Waals surface area contributed by atoms with Crippen molar-refractivity contribution < 1.29 is 14.3 Å². The molecule has 0 bridgehead atoms. The van der Waals surface area contributed by atoms with Crippen LogP contribution in [0.25, 0.3) is 10.8 Å². The first-order valence-corrected chi connectivity index (χ1v) is 8.63. The summed E-state index contributed by atoms with van der Waals surface area (Å²) >= 11 is 3.63. The number of hydrogen-bond donors (Lipinski definition) is 1. The standard InChI is InChI=1S/C14H13NO3S2/c16-14(17)12-11(7-1-2-7)15-13(18-12)10-5-8-6-19-4-3-9(8)20-10/h5,7H,1-4,6H2,(H,16,17). The Balaban J connectivity index is 1.76. The van der Waals surface area contributed by atoms with Crippen molar-refractivity contribution in [2.75, 3.05) is 5.75 Å². The zero-order valence-electron chi connectivity index (χ0n) is 10.7. The summed E-state index contributed by atoms with van der Waals surface area (Å²) in [5, 5.41) is 9.23. The summed E-state index contributed by atoms with van der Waals surface area (Å²) in [5.41, 5.74) is 1.98. The van der Waals surface area contributed by atoms with E-state index in [0.717, 1.165) is 35.6 Å². The van der Waals surface area contributed by atoms with Crippen LogP contribution in [-0.4, -0.2) is 21.8 Å². The van der Waals surface area contributed by atoms with E-state index in [4.69, 9.17) is 4.42 Å². The lowest BCUT2D eigenvalue weighted by Crippen LogP contribution is -1.98. The zero-order chi connectivity index (χ0) is 13.7. The fraction of sp³-hybridized carbons (Fsp3) is 0.429. The number of thiophene rings is 1. The smallest absolute Gasteiger partial charge is 0.373 e. The van der Waals surface area contributed by atoms with Crippen molar-refractivity contribution in [2.45, 2.75) is 30.9 Å². The highest BCUT2D eigenvalue weighted by Crippen LogP contribution is 2.44. The van der Waals surface area contributed by atoms with Crippen LogP contribution in [0.2, 0.25) is 0 Å². The van der Waals surface area contributed by atoms with Crippen molar-refractivity contribution in [3.63, 3.8) is 0 Å². The molecule has 0 unspecified atom stereocenters. The maximum absolute atomic E-state index is 11.3. The largest absolute Gasteiger partial charge is 0.475 e. The van der Waals surface area contributed by atoms with Crippen LogP contribution in [0.15, 0.2) is 10.5 Å². The second-order valence-electron chi connectivity index (χ2n) is 5.17. The number of carboxylic acids is 1. The van der Waals surface area contributed by atoms with Gasteiger partial charge < -0.3 is 9.52 Å². The van der Waals surface area contributed by atoms with Crippen LogP contribution in [0.3, 0.4) is 0 Å². The molecule has 2 aromatic heterocycles. The average molecular weight is 307 g/mol. The summed E-state index contributed by atoms with van der Waals surface area (Å²) in [6.07, 6.45) is 3.13. The Bertz CT molecular complexity index is 661. The molecule has 2 aromatic rings. The monoisotopic (exact) mass is 307 g/mol. The van der Waals surface area contributed by atoms with Crippen molar-refractivity contribution >= 4 is 29.1 Å². The van der Waals surface area contributed by atoms with Crippen LogP contribution in [-0.2, 0) is 12.2 Å². The predicted molar refractivity (Wildman–Crippen MR) is 78.6 cm³/mol. The molecule has 4 nitrogen and oxygen atoms in total. The van der Waals surface area contributed by atoms with E-state index in [0.29, 0.717) is 11.6 Å². The highest BCUT2D eigenvalue weighted by Gasteiger charge is 2.34. The molecule has 0 saturated heterocycles. The normalized spacial score (nSPS) is 18.0. The highest BCUT2D eigenvalue weighted by molar-refractivity contribution is 7.98. The molecule has 0 aromatic carbocycles. The summed E-state index contributed by atoms with van der Waals surface area (Å²) in [4.78, 5) is 18.1. The van der Waals surface area contributed by atoms with Gasteiger partial charge in [-0.25, -0.2) is 9.78 Å². The molecule has 0 atom stereocenters. The Morgan fingerprint density at radius 2 is 2.30 bits per heavy atom. The SMILES string of the molecule is O=C(O)c1oc(-c2cc3c(s2)CCSC3)nc1C1CC1. The van der Waals surface area contributed by atoms with Gasteiger partial charge in [-0.05, 0) is 36.6 Å². The van der Waals surface area contributed by atoms with Gasteiger partial charge in [0.1, 0.15) is 0 Å². The molecular weight excluding hydrogens is 294 g/mol. The number of thioether (sulfide) groups is 1. The van der Waals surface area contributed by atoms with Crippen molar-refractivity contribution in [2.24, 2.45) is 0 Å². The van der Waals surface area contributed by atoms with E-state index >= 15 is 0 Å². The van der Waals surface area contributed by atoms with Gasteiger partial charge in [0.15, 0.2) is 0 Å². The third-order valence-corrected chi connectivity index (χ3v) is 5.88. The van der Waals surface area contributed by atoms with E-state index in [2.05, 4.69) is 11.1 Å². The molecule has 2 aliphatic rings. The molecule has 0 radical (unpaired) electrons. The first kappa shape index (κ1) is 12.5. The van der Waals surface area contributed by atoms with E-state index in [9.17, 15) is 9.90 Å². The molecule has 104 valence electrons. The first-order chi connectivity index (χ1) is 9.72. The molecule has 4 rings (SSSR count). The third-order valence-electron chi connectivity index (χ3n) is 3.65. The van der Waals surface area contributed by atoms with Gasteiger partial charge in [-0.3, -0.25) is 0 Å². The molecule has 20 heavy (non-hydrogen) atoms. The summed E-state index contributed by atoms with van der Waals surface area (Å²) in [6, 6.07) is 2.11.